The normalized spacial score (nSPS) is 18.1. The van der Waals surface area contributed by atoms with Crippen LogP contribution in [0.2, 0.25) is 0 Å². The Kier molecular flexibility index (Phi) is 12.3. The summed E-state index contributed by atoms with van der Waals surface area (Å²) in [4.78, 5) is 49.4. The second kappa shape index (κ2) is 13.3. The lowest BCUT2D eigenvalue weighted by atomic mass is 9.97. The lowest BCUT2D eigenvalue weighted by Crippen LogP contribution is -2.61. The van der Waals surface area contributed by atoms with Gasteiger partial charge < -0.3 is 31.9 Å². The van der Waals surface area contributed by atoms with Crippen molar-refractivity contribution in [2.45, 2.75) is 91.6 Å². The number of carboxylic acids is 1. The smallest absolute Gasteiger partial charge is 0.326 e. The van der Waals surface area contributed by atoms with Gasteiger partial charge in [0.1, 0.15) is 18.1 Å². The Hall–Kier alpha value is -2.20. The van der Waals surface area contributed by atoms with Crippen LogP contribution in [0.5, 0.6) is 0 Å². The van der Waals surface area contributed by atoms with Crippen LogP contribution in [0.3, 0.4) is 0 Å². The molecule has 31 heavy (non-hydrogen) atoms. The first-order valence-corrected chi connectivity index (χ1v) is 10.9. The van der Waals surface area contributed by atoms with Crippen LogP contribution < -0.4 is 21.7 Å². The molecule has 0 aromatic heterocycles. The van der Waals surface area contributed by atoms with E-state index in [2.05, 4.69) is 16.0 Å². The van der Waals surface area contributed by atoms with Gasteiger partial charge in [-0.15, -0.1) is 0 Å². The van der Waals surface area contributed by atoms with E-state index >= 15 is 0 Å². The monoisotopic (exact) mass is 444 g/mol. The van der Waals surface area contributed by atoms with Crippen LogP contribution in [0.1, 0.15) is 61.3 Å². The molecule has 0 saturated heterocycles. The van der Waals surface area contributed by atoms with E-state index in [-0.39, 0.29) is 17.8 Å². The summed E-state index contributed by atoms with van der Waals surface area (Å²) >= 11 is 0. The lowest BCUT2D eigenvalue weighted by molar-refractivity contribution is -0.144. The van der Waals surface area contributed by atoms with E-state index in [1.807, 2.05) is 13.8 Å². The van der Waals surface area contributed by atoms with Crippen LogP contribution >= 0.6 is 0 Å². The van der Waals surface area contributed by atoms with Gasteiger partial charge in [-0.1, -0.05) is 54.4 Å². The average Bonchev–Trinajstić information content (AvgIpc) is 2.70. The molecular weight excluding hydrogens is 404 g/mol. The van der Waals surface area contributed by atoms with Crippen LogP contribution in [0.25, 0.3) is 0 Å². The number of hydrogen-bond acceptors (Lipinski definition) is 6. The molecule has 0 heterocycles. The average molecular weight is 445 g/mol. The molecule has 10 heteroatoms. The molecule has 0 aliphatic heterocycles. The van der Waals surface area contributed by atoms with E-state index < -0.39 is 54.0 Å². The third-order valence-corrected chi connectivity index (χ3v) is 5.65. The van der Waals surface area contributed by atoms with Crippen LogP contribution in [0, 0.1) is 17.8 Å². The fourth-order valence-electron chi connectivity index (χ4n) is 2.87. The van der Waals surface area contributed by atoms with Crippen LogP contribution in [-0.4, -0.2) is 64.2 Å². The first-order valence-electron chi connectivity index (χ1n) is 10.9. The molecule has 0 radical (unpaired) electrons. The molecule has 0 rings (SSSR count). The molecule has 10 nitrogen and oxygen atoms in total. The van der Waals surface area contributed by atoms with Crippen molar-refractivity contribution in [3.05, 3.63) is 0 Å². The molecule has 7 N–H and O–H groups in total. The molecule has 0 aliphatic rings. The first-order chi connectivity index (χ1) is 14.3. The van der Waals surface area contributed by atoms with Crippen molar-refractivity contribution in [2.24, 2.45) is 23.5 Å². The Labute approximate surface area is 184 Å². The van der Waals surface area contributed by atoms with Crippen molar-refractivity contribution in [1.29, 1.82) is 0 Å². The van der Waals surface area contributed by atoms with Gasteiger partial charge in [-0.3, -0.25) is 14.4 Å². The first kappa shape index (κ1) is 28.8. The Morgan fingerprint density at radius 2 is 1.16 bits per heavy atom. The minimum absolute atomic E-state index is 0.0830. The Balaban J connectivity index is 5.43. The Morgan fingerprint density at radius 1 is 0.742 bits per heavy atom. The number of nitrogens with two attached hydrogens (primary N) is 1. The molecule has 0 aliphatic carbocycles. The summed E-state index contributed by atoms with van der Waals surface area (Å²) in [6.07, 6.45) is -0.0830. The van der Waals surface area contributed by atoms with Gasteiger partial charge in [0.2, 0.25) is 17.7 Å². The van der Waals surface area contributed by atoms with Gasteiger partial charge in [0.05, 0.1) is 12.1 Å². The van der Waals surface area contributed by atoms with E-state index in [1.54, 1.807) is 27.7 Å². The van der Waals surface area contributed by atoms with Crippen LogP contribution in [-0.2, 0) is 19.2 Å². The summed E-state index contributed by atoms with van der Waals surface area (Å²) in [7, 11) is 0. The molecule has 7 atom stereocenters. The van der Waals surface area contributed by atoms with E-state index in [9.17, 15) is 29.4 Å². The minimum atomic E-state index is -1.39. The van der Waals surface area contributed by atoms with Crippen molar-refractivity contribution in [3.8, 4) is 0 Å². The summed E-state index contributed by atoms with van der Waals surface area (Å²) in [5.41, 5.74) is 5.94. The molecule has 3 amide bonds. The maximum Gasteiger partial charge on any atom is 0.326 e. The summed E-state index contributed by atoms with van der Waals surface area (Å²) in [5.74, 6) is -3.93. The quantitative estimate of drug-likeness (QED) is 0.232. The van der Waals surface area contributed by atoms with Gasteiger partial charge in [0.25, 0.3) is 0 Å². The maximum absolute atomic E-state index is 12.8. The summed E-state index contributed by atoms with van der Waals surface area (Å²) in [5, 5.41) is 26.9. The van der Waals surface area contributed by atoms with Crippen molar-refractivity contribution >= 4 is 23.7 Å². The highest BCUT2D eigenvalue weighted by Gasteiger charge is 2.35. The molecule has 0 saturated carbocycles. The zero-order chi connectivity index (χ0) is 24.5. The van der Waals surface area contributed by atoms with Crippen LogP contribution in [0.15, 0.2) is 0 Å². The van der Waals surface area contributed by atoms with Crippen molar-refractivity contribution in [1.82, 2.24) is 16.0 Å². The lowest BCUT2D eigenvalue weighted by Gasteiger charge is -2.29. The number of rotatable bonds is 13. The van der Waals surface area contributed by atoms with Gasteiger partial charge in [0.15, 0.2) is 0 Å². The number of nitrogens with one attached hydrogen (secondary N) is 3. The number of carbonyl (C=O) groups excluding carboxylic acids is 3. The van der Waals surface area contributed by atoms with Gasteiger partial charge in [-0.2, -0.15) is 0 Å². The van der Waals surface area contributed by atoms with Gasteiger partial charge in [-0.25, -0.2) is 4.79 Å². The summed E-state index contributed by atoms with van der Waals surface area (Å²) < 4.78 is 0. The van der Waals surface area contributed by atoms with Crippen molar-refractivity contribution in [3.63, 3.8) is 0 Å². The number of aliphatic hydroxyl groups is 1. The second-order valence-corrected chi connectivity index (χ2v) is 8.58. The maximum atomic E-state index is 12.8. The number of aliphatic hydroxyl groups excluding tert-OH is 1. The second-order valence-electron chi connectivity index (χ2n) is 8.58. The summed E-state index contributed by atoms with van der Waals surface area (Å²) in [6, 6.07) is -4.33. The molecule has 7 unspecified atom stereocenters. The predicted molar refractivity (Wildman–Crippen MR) is 117 cm³/mol. The fourth-order valence-corrected chi connectivity index (χ4v) is 2.87. The highest BCUT2D eigenvalue weighted by atomic mass is 16.4. The zero-order valence-electron chi connectivity index (χ0n) is 19.6. The van der Waals surface area contributed by atoms with E-state index in [0.717, 1.165) is 0 Å². The van der Waals surface area contributed by atoms with Crippen molar-refractivity contribution < 1.29 is 29.4 Å². The molecule has 0 aromatic carbocycles. The largest absolute Gasteiger partial charge is 0.480 e. The molecular formula is C21H40N4O6. The molecule has 0 spiro atoms. The Morgan fingerprint density at radius 3 is 1.55 bits per heavy atom. The summed E-state index contributed by atoms with van der Waals surface area (Å²) in [6.45, 7) is 12.0. The third-order valence-electron chi connectivity index (χ3n) is 5.65. The number of aliphatic carboxylic acids is 1. The fraction of sp³-hybridized carbons (Fsp3) is 0.810. The van der Waals surface area contributed by atoms with Gasteiger partial charge in [0, 0.05) is 0 Å². The number of carboxylic acid groups (broad SMARTS) is 1. The topological polar surface area (TPSA) is 171 Å². The molecule has 180 valence electrons. The SMILES string of the molecule is CCC(C)C(N)C(=O)NC(C(=O)NC(C(=O)NC(C(=O)O)C(C)CC)C(C)O)C(C)C. The zero-order valence-corrected chi connectivity index (χ0v) is 19.6. The van der Waals surface area contributed by atoms with E-state index in [4.69, 9.17) is 5.73 Å². The Bertz CT molecular complexity index is 625. The van der Waals surface area contributed by atoms with Crippen LogP contribution in [0.4, 0.5) is 0 Å². The van der Waals surface area contributed by atoms with Crippen molar-refractivity contribution in [2.75, 3.05) is 0 Å². The highest BCUT2D eigenvalue weighted by Crippen LogP contribution is 2.10. The number of hydrogen-bond donors (Lipinski definition) is 6. The minimum Gasteiger partial charge on any atom is -0.480 e. The van der Waals surface area contributed by atoms with Gasteiger partial charge >= 0.3 is 5.97 Å². The molecule has 0 bridgehead atoms. The number of amides is 3. The number of carbonyl (C=O) groups is 4. The highest BCUT2D eigenvalue weighted by molar-refractivity contribution is 5.94. The molecule has 0 aromatic rings. The third kappa shape index (κ3) is 8.82. The predicted octanol–water partition coefficient (Wildman–Crippen LogP) is -0.0183. The van der Waals surface area contributed by atoms with Gasteiger partial charge in [-0.05, 0) is 24.7 Å². The standard InChI is InChI=1S/C21H40N4O6/c1-8-11(5)14(22)18(27)23-15(10(3)4)19(28)25-17(13(7)26)20(29)24-16(21(30)31)12(6)9-2/h10-17,26H,8-9,22H2,1-7H3,(H,23,27)(H,24,29)(H,25,28)(H,30,31). The van der Waals surface area contributed by atoms with E-state index in [0.29, 0.717) is 12.8 Å². The van der Waals surface area contributed by atoms with E-state index in [1.165, 1.54) is 6.92 Å². The molecule has 0 fully saturated rings.